The van der Waals surface area contributed by atoms with Crippen LogP contribution in [0.15, 0.2) is 61.3 Å². The summed E-state index contributed by atoms with van der Waals surface area (Å²) in [6.07, 6.45) is 3.44. The van der Waals surface area contributed by atoms with Gasteiger partial charge in [-0.05, 0) is 36.8 Å². The summed E-state index contributed by atoms with van der Waals surface area (Å²) in [4.78, 5) is 3.84. The number of halogens is 4. The SMILES string of the molecule is C[C@@H](OCc1ccn(Cc2ccc(F)cc2Cl)n1)[C@](O)(Cn1cncn1)c1ccc(F)cc1F. The third-order valence-electron chi connectivity index (χ3n) is 5.46. The van der Waals surface area contributed by atoms with Crippen molar-refractivity contribution in [3.63, 3.8) is 0 Å². The van der Waals surface area contributed by atoms with Crippen LogP contribution in [0.1, 0.15) is 23.7 Å². The zero-order valence-corrected chi connectivity index (χ0v) is 18.8. The fourth-order valence-electron chi connectivity index (χ4n) is 3.58. The van der Waals surface area contributed by atoms with Crippen molar-refractivity contribution in [3.05, 3.63) is 101 Å². The zero-order valence-electron chi connectivity index (χ0n) is 18.1. The Labute approximate surface area is 198 Å². The number of aliphatic hydroxyl groups is 1. The van der Waals surface area contributed by atoms with E-state index in [1.807, 2.05) is 0 Å². The normalized spacial score (nSPS) is 14.2. The number of ether oxygens (including phenoxy) is 1. The topological polar surface area (TPSA) is 78.0 Å². The molecule has 7 nitrogen and oxygen atoms in total. The zero-order chi connectivity index (χ0) is 24.3. The van der Waals surface area contributed by atoms with Gasteiger partial charge in [-0.25, -0.2) is 22.8 Å². The van der Waals surface area contributed by atoms with Crippen LogP contribution in [0.2, 0.25) is 5.02 Å². The van der Waals surface area contributed by atoms with Gasteiger partial charge in [-0.15, -0.1) is 0 Å². The maximum absolute atomic E-state index is 14.6. The van der Waals surface area contributed by atoms with Gasteiger partial charge < -0.3 is 9.84 Å². The molecule has 4 aromatic rings. The van der Waals surface area contributed by atoms with E-state index in [0.717, 1.165) is 6.07 Å². The lowest BCUT2D eigenvalue weighted by atomic mass is 9.88. The molecule has 0 radical (unpaired) electrons. The van der Waals surface area contributed by atoms with Crippen molar-refractivity contribution in [2.45, 2.75) is 38.3 Å². The van der Waals surface area contributed by atoms with Crippen LogP contribution in [-0.4, -0.2) is 35.8 Å². The molecule has 0 aliphatic heterocycles. The van der Waals surface area contributed by atoms with Crippen LogP contribution in [0.4, 0.5) is 13.2 Å². The second-order valence-corrected chi connectivity index (χ2v) is 8.24. The van der Waals surface area contributed by atoms with Crippen molar-refractivity contribution in [3.8, 4) is 0 Å². The summed E-state index contributed by atoms with van der Waals surface area (Å²) in [5, 5.41) is 20.2. The first-order valence-corrected chi connectivity index (χ1v) is 10.7. The minimum absolute atomic E-state index is 0.00774. The van der Waals surface area contributed by atoms with Gasteiger partial charge in [0.2, 0.25) is 0 Å². The number of nitrogens with zero attached hydrogens (tertiary/aromatic N) is 5. The fraction of sp³-hybridized carbons (Fsp3) is 0.261. The molecule has 1 N–H and O–H groups in total. The molecule has 0 bridgehead atoms. The van der Waals surface area contributed by atoms with Crippen molar-refractivity contribution in [1.82, 2.24) is 24.5 Å². The van der Waals surface area contributed by atoms with E-state index in [0.29, 0.717) is 28.9 Å². The predicted octanol–water partition coefficient (Wildman–Crippen LogP) is 4.09. The van der Waals surface area contributed by atoms with Gasteiger partial charge in [0.1, 0.15) is 35.7 Å². The molecule has 2 aromatic carbocycles. The second kappa shape index (κ2) is 9.96. The van der Waals surface area contributed by atoms with E-state index in [1.165, 1.54) is 35.5 Å². The van der Waals surface area contributed by atoms with Crippen LogP contribution in [0, 0.1) is 17.5 Å². The van der Waals surface area contributed by atoms with E-state index in [2.05, 4.69) is 15.2 Å². The van der Waals surface area contributed by atoms with Gasteiger partial charge in [0.05, 0.1) is 31.5 Å². The molecule has 2 aromatic heterocycles. The summed E-state index contributed by atoms with van der Waals surface area (Å²) >= 11 is 6.08. The Morgan fingerprint density at radius 2 is 1.85 bits per heavy atom. The Morgan fingerprint density at radius 1 is 1.09 bits per heavy atom. The lowest BCUT2D eigenvalue weighted by Crippen LogP contribution is -2.44. The van der Waals surface area contributed by atoms with E-state index >= 15 is 0 Å². The Balaban J connectivity index is 1.49. The molecule has 2 heterocycles. The summed E-state index contributed by atoms with van der Waals surface area (Å²) in [7, 11) is 0. The monoisotopic (exact) mass is 491 g/mol. The van der Waals surface area contributed by atoms with Gasteiger partial charge in [-0.2, -0.15) is 10.2 Å². The minimum Gasteiger partial charge on any atom is -0.380 e. The van der Waals surface area contributed by atoms with Crippen molar-refractivity contribution in [2.75, 3.05) is 0 Å². The average Bonchev–Trinajstić information content (AvgIpc) is 3.46. The number of aromatic nitrogens is 5. The maximum atomic E-state index is 14.6. The first-order chi connectivity index (χ1) is 16.2. The highest BCUT2D eigenvalue weighted by molar-refractivity contribution is 6.31. The summed E-state index contributed by atoms with van der Waals surface area (Å²) in [5.41, 5.74) is -0.766. The van der Waals surface area contributed by atoms with Crippen molar-refractivity contribution in [2.24, 2.45) is 0 Å². The van der Waals surface area contributed by atoms with E-state index in [4.69, 9.17) is 16.3 Å². The largest absolute Gasteiger partial charge is 0.380 e. The summed E-state index contributed by atoms with van der Waals surface area (Å²) in [6.45, 7) is 1.74. The highest BCUT2D eigenvalue weighted by atomic mass is 35.5. The van der Waals surface area contributed by atoms with Gasteiger partial charge in [0, 0.05) is 22.8 Å². The van der Waals surface area contributed by atoms with Gasteiger partial charge in [-0.3, -0.25) is 4.68 Å². The van der Waals surface area contributed by atoms with Crippen LogP contribution >= 0.6 is 11.6 Å². The summed E-state index contributed by atoms with van der Waals surface area (Å²) in [6, 6.07) is 8.81. The summed E-state index contributed by atoms with van der Waals surface area (Å²) in [5.74, 6) is -2.09. The molecular weight excluding hydrogens is 471 g/mol. The maximum Gasteiger partial charge on any atom is 0.138 e. The predicted molar refractivity (Wildman–Crippen MR) is 117 cm³/mol. The fourth-order valence-corrected chi connectivity index (χ4v) is 3.80. The molecule has 0 saturated carbocycles. The molecule has 2 atom stereocenters. The smallest absolute Gasteiger partial charge is 0.138 e. The molecule has 0 spiro atoms. The standard InChI is InChI=1S/C23H21ClF3N5O2/c1-15(23(33,12-32-14-28-13-29-32)20-5-4-18(26)9-22(20)27)34-11-19-6-7-31(30-19)10-16-2-3-17(25)8-21(16)24/h2-9,13-15,33H,10-12H2,1H3/t15-,23-/m1/s1. The highest BCUT2D eigenvalue weighted by Crippen LogP contribution is 2.32. The molecule has 34 heavy (non-hydrogen) atoms. The molecule has 11 heteroatoms. The Hall–Kier alpha value is -3.21. The number of benzene rings is 2. The first kappa shape index (κ1) is 23.9. The third-order valence-corrected chi connectivity index (χ3v) is 5.82. The van der Waals surface area contributed by atoms with Gasteiger partial charge in [-0.1, -0.05) is 23.7 Å². The average molecular weight is 492 g/mol. The lowest BCUT2D eigenvalue weighted by Gasteiger charge is -2.34. The molecular formula is C23H21ClF3N5O2. The number of hydrogen-bond donors (Lipinski definition) is 1. The van der Waals surface area contributed by atoms with Crippen LogP contribution < -0.4 is 0 Å². The molecule has 178 valence electrons. The molecule has 0 saturated heterocycles. The van der Waals surface area contributed by atoms with Gasteiger partial charge in [0.25, 0.3) is 0 Å². The van der Waals surface area contributed by atoms with Crippen LogP contribution in [-0.2, 0) is 30.0 Å². The Bertz CT molecular complexity index is 1270. The first-order valence-electron chi connectivity index (χ1n) is 10.3. The minimum atomic E-state index is -1.88. The van der Waals surface area contributed by atoms with Crippen molar-refractivity contribution < 1.29 is 23.0 Å². The number of rotatable bonds is 9. The number of hydrogen-bond acceptors (Lipinski definition) is 5. The van der Waals surface area contributed by atoms with Crippen LogP contribution in [0.5, 0.6) is 0 Å². The van der Waals surface area contributed by atoms with Crippen LogP contribution in [0.3, 0.4) is 0 Å². The van der Waals surface area contributed by atoms with E-state index in [1.54, 1.807) is 29.9 Å². The quantitative estimate of drug-likeness (QED) is 0.381. The third kappa shape index (κ3) is 5.30. The van der Waals surface area contributed by atoms with E-state index < -0.39 is 29.2 Å². The lowest BCUT2D eigenvalue weighted by molar-refractivity contribution is -0.124. The van der Waals surface area contributed by atoms with Gasteiger partial charge in [0.15, 0.2) is 0 Å². The Morgan fingerprint density at radius 3 is 2.56 bits per heavy atom. The van der Waals surface area contributed by atoms with E-state index in [-0.39, 0.29) is 18.7 Å². The summed E-state index contributed by atoms with van der Waals surface area (Å²) < 4.78 is 50.2. The van der Waals surface area contributed by atoms with Crippen molar-refractivity contribution >= 4 is 11.6 Å². The van der Waals surface area contributed by atoms with Crippen LogP contribution in [0.25, 0.3) is 0 Å². The molecule has 0 fully saturated rings. The molecule has 0 unspecified atom stereocenters. The van der Waals surface area contributed by atoms with Crippen molar-refractivity contribution in [1.29, 1.82) is 0 Å². The molecule has 4 rings (SSSR count). The molecule has 0 aliphatic rings. The van der Waals surface area contributed by atoms with E-state index in [9.17, 15) is 18.3 Å². The highest BCUT2D eigenvalue weighted by Gasteiger charge is 2.40. The molecule has 0 amide bonds. The molecule has 0 aliphatic carbocycles. The Kier molecular flexibility index (Phi) is 7.01. The van der Waals surface area contributed by atoms with Gasteiger partial charge >= 0.3 is 0 Å². The second-order valence-electron chi connectivity index (χ2n) is 7.84.